The summed E-state index contributed by atoms with van der Waals surface area (Å²) in [6.45, 7) is 17.6. The second-order valence-corrected chi connectivity index (χ2v) is 10.4. The van der Waals surface area contributed by atoms with Gasteiger partial charge in [0.15, 0.2) is 5.57 Å². The van der Waals surface area contributed by atoms with E-state index in [9.17, 15) is 9.59 Å². The quantitative estimate of drug-likeness (QED) is 0.270. The molecule has 32 heavy (non-hydrogen) atoms. The summed E-state index contributed by atoms with van der Waals surface area (Å²) < 4.78 is 11.0. The number of aliphatic imine (C=N–C) groups is 1. The maximum absolute atomic E-state index is 13.0. The molecular formula is C25H36N2O5. The highest BCUT2D eigenvalue weighted by Crippen LogP contribution is 2.19. The van der Waals surface area contributed by atoms with Gasteiger partial charge in [-0.15, -0.1) is 0 Å². The Morgan fingerprint density at radius 3 is 1.88 bits per heavy atom. The van der Waals surface area contributed by atoms with Crippen LogP contribution in [0.1, 0.15) is 74.8 Å². The van der Waals surface area contributed by atoms with E-state index in [4.69, 9.17) is 14.3 Å². The van der Waals surface area contributed by atoms with Gasteiger partial charge in [-0.1, -0.05) is 35.5 Å². The van der Waals surface area contributed by atoms with Gasteiger partial charge >= 0.3 is 11.9 Å². The molecule has 7 heteroatoms. The fourth-order valence-corrected chi connectivity index (χ4v) is 2.21. The molecule has 0 aliphatic carbocycles. The van der Waals surface area contributed by atoms with Crippen molar-refractivity contribution in [2.75, 3.05) is 0 Å². The molecule has 0 aliphatic rings. The Morgan fingerprint density at radius 1 is 0.875 bits per heavy atom. The van der Waals surface area contributed by atoms with Crippen LogP contribution in [0.25, 0.3) is 0 Å². The number of rotatable bonds is 6. The molecule has 1 unspecified atom stereocenters. The van der Waals surface area contributed by atoms with Crippen LogP contribution in [0, 0.1) is 0 Å². The predicted octanol–water partition coefficient (Wildman–Crippen LogP) is 4.87. The monoisotopic (exact) mass is 444 g/mol. The Labute approximate surface area is 191 Å². The summed E-state index contributed by atoms with van der Waals surface area (Å²) in [7, 11) is 0. The number of benzene rings is 1. The van der Waals surface area contributed by atoms with Crippen molar-refractivity contribution < 1.29 is 23.9 Å². The maximum Gasteiger partial charge on any atom is 0.356 e. The van der Waals surface area contributed by atoms with Gasteiger partial charge < -0.3 is 14.3 Å². The van der Waals surface area contributed by atoms with Crippen molar-refractivity contribution in [3.05, 3.63) is 41.5 Å². The smallest absolute Gasteiger partial charge is 0.356 e. The molecule has 1 rings (SSSR count). The number of oxime groups is 1. The number of nitrogens with zero attached hydrogens (tertiary/aromatic N) is 2. The first kappa shape index (κ1) is 27.1. The Hall–Kier alpha value is -2.92. The fraction of sp³-hybridized carbons (Fsp3) is 0.560. The standard InChI is InChI=1S/C25H36N2O5/c1-17(18-14-12-11-13-15-18)27-32-20(22(29)31-25(8,9)10)19(16-26-23(2,3)4)21(28)30-24(5,6)7/h11-15,20H,1-10H3/b27-17+. The van der Waals surface area contributed by atoms with Crippen molar-refractivity contribution in [2.24, 2.45) is 10.1 Å². The van der Waals surface area contributed by atoms with Crippen LogP contribution in [-0.2, 0) is 23.9 Å². The molecule has 0 spiro atoms. The first-order valence-electron chi connectivity index (χ1n) is 10.6. The largest absolute Gasteiger partial charge is 0.457 e. The van der Waals surface area contributed by atoms with E-state index in [2.05, 4.69) is 16.0 Å². The predicted molar refractivity (Wildman–Crippen MR) is 126 cm³/mol. The molecule has 0 fully saturated rings. The van der Waals surface area contributed by atoms with Crippen molar-refractivity contribution in [3.63, 3.8) is 0 Å². The van der Waals surface area contributed by atoms with Gasteiger partial charge in [0.05, 0.1) is 11.3 Å². The van der Waals surface area contributed by atoms with E-state index in [-0.39, 0.29) is 5.57 Å². The van der Waals surface area contributed by atoms with Gasteiger partial charge in [0.25, 0.3) is 6.10 Å². The van der Waals surface area contributed by atoms with E-state index >= 15 is 0 Å². The minimum Gasteiger partial charge on any atom is -0.457 e. The highest BCUT2D eigenvalue weighted by atomic mass is 16.7. The zero-order valence-corrected chi connectivity index (χ0v) is 20.9. The number of carbonyl (C=O) groups is 2. The normalized spacial score (nSPS) is 13.5. The molecule has 0 N–H and O–H groups in total. The Bertz CT molecular complexity index is 891. The molecular weight excluding hydrogens is 408 g/mol. The van der Waals surface area contributed by atoms with Crippen LogP contribution >= 0.6 is 0 Å². The molecule has 0 radical (unpaired) electrons. The molecule has 0 heterocycles. The minimum atomic E-state index is -1.51. The van der Waals surface area contributed by atoms with Gasteiger partial charge in [0, 0.05) is 0 Å². The summed E-state index contributed by atoms with van der Waals surface area (Å²) in [5.74, 6) is 1.11. The van der Waals surface area contributed by atoms with Crippen LogP contribution in [0.4, 0.5) is 0 Å². The zero-order valence-electron chi connectivity index (χ0n) is 20.9. The number of hydrogen-bond donors (Lipinski definition) is 0. The molecule has 0 aromatic heterocycles. The first-order chi connectivity index (χ1) is 14.5. The van der Waals surface area contributed by atoms with Crippen LogP contribution < -0.4 is 0 Å². The van der Waals surface area contributed by atoms with Crippen LogP contribution in [0.3, 0.4) is 0 Å². The molecule has 176 valence electrons. The van der Waals surface area contributed by atoms with Crippen molar-refractivity contribution >= 4 is 23.5 Å². The number of esters is 2. The maximum atomic E-state index is 13.0. The first-order valence-corrected chi connectivity index (χ1v) is 10.6. The van der Waals surface area contributed by atoms with Gasteiger partial charge in [-0.2, -0.15) is 0 Å². The van der Waals surface area contributed by atoms with Crippen LogP contribution in [0.5, 0.6) is 0 Å². The number of hydrogen-bond acceptors (Lipinski definition) is 7. The van der Waals surface area contributed by atoms with E-state index in [1.807, 2.05) is 51.1 Å². The third-order valence-corrected chi connectivity index (χ3v) is 3.50. The van der Waals surface area contributed by atoms with Crippen molar-refractivity contribution in [1.29, 1.82) is 0 Å². The third-order valence-electron chi connectivity index (χ3n) is 3.50. The highest BCUT2D eigenvalue weighted by molar-refractivity contribution is 6.05. The summed E-state index contributed by atoms with van der Waals surface area (Å²) in [6.07, 6.45) is -1.51. The van der Waals surface area contributed by atoms with Gasteiger partial charge in [0.2, 0.25) is 0 Å². The molecule has 1 aromatic carbocycles. The molecule has 7 nitrogen and oxygen atoms in total. The van der Waals surface area contributed by atoms with Crippen LogP contribution in [0.15, 0.2) is 46.1 Å². The molecule has 1 aromatic rings. The van der Waals surface area contributed by atoms with Gasteiger partial charge in [-0.05, 0) is 80.7 Å². The molecule has 0 saturated carbocycles. The molecule has 0 amide bonds. The Morgan fingerprint density at radius 2 is 1.41 bits per heavy atom. The minimum absolute atomic E-state index is 0.214. The van der Waals surface area contributed by atoms with Crippen LogP contribution in [-0.4, -0.2) is 46.4 Å². The molecule has 0 saturated heterocycles. The SMILES string of the molecule is C/C(=N\OC(C(=O)OC(C)(C)C)C(=C=NC(C)(C)C)C(=O)OC(C)(C)C)c1ccccc1. The van der Waals surface area contributed by atoms with Crippen molar-refractivity contribution in [1.82, 2.24) is 0 Å². The van der Waals surface area contributed by atoms with Gasteiger partial charge in [-0.3, -0.25) is 0 Å². The average molecular weight is 445 g/mol. The van der Waals surface area contributed by atoms with E-state index in [1.54, 1.807) is 48.5 Å². The summed E-state index contributed by atoms with van der Waals surface area (Å²) in [5, 5.41) is 4.10. The Balaban J connectivity index is 3.50. The van der Waals surface area contributed by atoms with Crippen molar-refractivity contribution in [3.8, 4) is 0 Å². The second kappa shape index (κ2) is 10.6. The highest BCUT2D eigenvalue weighted by Gasteiger charge is 2.37. The molecule has 1 atom stereocenters. The van der Waals surface area contributed by atoms with Crippen molar-refractivity contribution in [2.45, 2.75) is 92.1 Å². The van der Waals surface area contributed by atoms with Gasteiger partial charge in [0.1, 0.15) is 11.2 Å². The summed E-state index contributed by atoms with van der Waals surface area (Å²) in [6, 6.07) is 9.32. The van der Waals surface area contributed by atoms with E-state index in [0.29, 0.717) is 5.71 Å². The van der Waals surface area contributed by atoms with E-state index in [1.165, 1.54) is 0 Å². The molecule has 0 bridgehead atoms. The second-order valence-electron chi connectivity index (χ2n) is 10.4. The number of carbonyl (C=O) groups excluding carboxylic acids is 2. The van der Waals surface area contributed by atoms with E-state index in [0.717, 1.165) is 5.56 Å². The lowest BCUT2D eigenvalue weighted by atomic mass is 10.1. The summed E-state index contributed by atoms with van der Waals surface area (Å²) in [5.41, 5.74) is -1.04. The topological polar surface area (TPSA) is 86.5 Å². The summed E-state index contributed by atoms with van der Waals surface area (Å²) >= 11 is 0. The van der Waals surface area contributed by atoms with E-state index < -0.39 is 34.8 Å². The Kier molecular flexibility index (Phi) is 8.98. The fourth-order valence-electron chi connectivity index (χ4n) is 2.21. The third kappa shape index (κ3) is 10.4. The van der Waals surface area contributed by atoms with Crippen LogP contribution in [0.2, 0.25) is 0 Å². The molecule has 0 aliphatic heterocycles. The lowest BCUT2D eigenvalue weighted by Crippen LogP contribution is -2.38. The zero-order chi connectivity index (χ0) is 24.7. The number of ether oxygens (including phenoxy) is 2. The van der Waals surface area contributed by atoms with Gasteiger partial charge in [-0.25, -0.2) is 14.6 Å². The lowest BCUT2D eigenvalue weighted by molar-refractivity contribution is -0.169. The summed E-state index contributed by atoms with van der Waals surface area (Å²) in [4.78, 5) is 35.9. The average Bonchev–Trinajstić information content (AvgIpc) is 2.60. The lowest BCUT2D eigenvalue weighted by Gasteiger charge is -2.25.